The van der Waals surface area contributed by atoms with Gasteiger partial charge >= 0.3 is 0 Å². The van der Waals surface area contributed by atoms with Crippen molar-refractivity contribution in [1.29, 1.82) is 0 Å². The number of hydrogen-bond acceptors (Lipinski definition) is 5. The molecule has 1 saturated heterocycles. The quantitative estimate of drug-likeness (QED) is 0.463. The van der Waals surface area contributed by atoms with Crippen LogP contribution in [0.25, 0.3) is 11.0 Å². The third-order valence-corrected chi connectivity index (χ3v) is 8.37. The van der Waals surface area contributed by atoms with Crippen LogP contribution < -0.4 is 5.32 Å². The zero-order valence-electron chi connectivity index (χ0n) is 22.5. The van der Waals surface area contributed by atoms with Crippen LogP contribution in [0.4, 0.5) is 4.39 Å². The Morgan fingerprint density at radius 1 is 1.15 bits per heavy atom. The maximum atomic E-state index is 13.8. The number of fused-ring (bicyclic) bond motifs is 2. The molecule has 2 aromatic carbocycles. The van der Waals surface area contributed by atoms with Crippen LogP contribution in [0, 0.1) is 12.7 Å². The van der Waals surface area contributed by atoms with Gasteiger partial charge in [-0.2, -0.15) is 0 Å². The number of aliphatic imine (C=N–C) groups is 1. The Labute approximate surface area is 227 Å². The lowest BCUT2D eigenvalue weighted by Crippen LogP contribution is -2.46. The van der Waals surface area contributed by atoms with E-state index in [1.54, 1.807) is 18.3 Å². The molecule has 2 amide bonds. The topological polar surface area (TPSA) is 93.7 Å². The molecule has 0 aliphatic carbocycles. The maximum Gasteiger partial charge on any atom is 0.257 e. The Kier molecular flexibility index (Phi) is 7.03. The highest BCUT2D eigenvalue weighted by Gasteiger charge is 2.36. The Hall–Kier alpha value is -3.43. The van der Waals surface area contributed by atoms with Crippen molar-refractivity contribution in [1.82, 2.24) is 25.1 Å². The fourth-order valence-electron chi connectivity index (χ4n) is 6.23. The predicted molar refractivity (Wildman–Crippen MR) is 149 cm³/mol. The highest BCUT2D eigenvalue weighted by molar-refractivity contribution is 6.01. The predicted octanol–water partition coefficient (Wildman–Crippen LogP) is 3.74. The zero-order chi connectivity index (χ0) is 27.1. The molecule has 4 heterocycles. The third-order valence-electron chi connectivity index (χ3n) is 8.37. The molecule has 204 valence electrons. The van der Waals surface area contributed by atoms with Crippen LogP contribution in [0.1, 0.15) is 65.0 Å². The number of halogens is 1. The summed E-state index contributed by atoms with van der Waals surface area (Å²) >= 11 is 0. The number of H-pyrrole nitrogens is 1. The highest BCUT2D eigenvalue weighted by Crippen LogP contribution is 2.31. The number of amides is 2. The molecule has 3 atom stereocenters. The van der Waals surface area contributed by atoms with Gasteiger partial charge in [-0.3, -0.25) is 9.59 Å². The number of rotatable bonds is 8. The second kappa shape index (κ2) is 10.6. The number of aromatic nitrogens is 2. The third kappa shape index (κ3) is 5.25. The lowest BCUT2D eigenvalue weighted by Gasteiger charge is -2.29. The van der Waals surface area contributed by atoms with Gasteiger partial charge in [0.05, 0.1) is 11.0 Å². The average Bonchev–Trinajstić information content (AvgIpc) is 3.63. The minimum absolute atomic E-state index is 0.00893. The molecule has 39 heavy (non-hydrogen) atoms. The fourth-order valence-corrected chi connectivity index (χ4v) is 6.23. The zero-order valence-corrected chi connectivity index (χ0v) is 22.5. The molecule has 0 saturated carbocycles. The summed E-state index contributed by atoms with van der Waals surface area (Å²) in [7, 11) is 0. The summed E-state index contributed by atoms with van der Waals surface area (Å²) in [5.41, 5.74) is 5.18. The molecule has 2 N–H and O–H groups in total. The summed E-state index contributed by atoms with van der Waals surface area (Å²) in [6.45, 7) is 8.50. The van der Waals surface area contributed by atoms with Crippen LogP contribution in [-0.2, 0) is 17.8 Å². The van der Waals surface area contributed by atoms with E-state index >= 15 is 0 Å². The number of likely N-dealkylation sites (tertiary alicyclic amines) is 1. The van der Waals surface area contributed by atoms with Gasteiger partial charge in [-0.25, -0.2) is 14.4 Å². The Bertz CT molecular complexity index is 1440. The Morgan fingerprint density at radius 3 is 2.79 bits per heavy atom. The van der Waals surface area contributed by atoms with Crippen molar-refractivity contribution in [3.05, 3.63) is 64.2 Å². The monoisotopic (exact) mass is 530 g/mol. The van der Waals surface area contributed by atoms with Crippen LogP contribution in [0.15, 0.2) is 35.3 Å². The van der Waals surface area contributed by atoms with Crippen LogP contribution >= 0.6 is 0 Å². The first-order valence-electron chi connectivity index (χ1n) is 14.0. The summed E-state index contributed by atoms with van der Waals surface area (Å²) in [4.78, 5) is 42.7. The van der Waals surface area contributed by atoms with Crippen molar-refractivity contribution in [3.8, 4) is 0 Å². The van der Waals surface area contributed by atoms with E-state index in [1.165, 1.54) is 18.9 Å². The molecule has 3 aliphatic rings. The molecule has 8 nitrogen and oxygen atoms in total. The minimum Gasteiger partial charge on any atom is -0.341 e. The van der Waals surface area contributed by atoms with E-state index in [1.807, 2.05) is 30.9 Å². The van der Waals surface area contributed by atoms with E-state index in [0.717, 1.165) is 48.4 Å². The van der Waals surface area contributed by atoms with Gasteiger partial charge in [0.25, 0.3) is 11.8 Å². The van der Waals surface area contributed by atoms with Gasteiger partial charge in [0.15, 0.2) is 0 Å². The van der Waals surface area contributed by atoms with Gasteiger partial charge in [-0.05, 0) is 93.6 Å². The molecule has 3 aromatic rings. The van der Waals surface area contributed by atoms with E-state index in [9.17, 15) is 14.0 Å². The van der Waals surface area contributed by atoms with Gasteiger partial charge in [-0.1, -0.05) is 6.07 Å². The number of carbonyl (C=O) groups excluding carboxylic acids is 2. The largest absolute Gasteiger partial charge is 0.341 e. The molecule has 0 spiro atoms. The average molecular weight is 531 g/mol. The molecular weight excluding hydrogens is 495 g/mol. The van der Waals surface area contributed by atoms with E-state index < -0.39 is 5.92 Å². The van der Waals surface area contributed by atoms with E-state index in [0.29, 0.717) is 36.3 Å². The van der Waals surface area contributed by atoms with Crippen LogP contribution in [0.5, 0.6) is 0 Å². The van der Waals surface area contributed by atoms with E-state index in [4.69, 9.17) is 4.98 Å². The SMILES string of the molecule is Cc1ccc(F)cc1C[C@H](C)NC1CC=NC(=O)C1c1nc2cc3c(cc2[nH]1)CN(CCN1CCCC1)C3=O. The van der Waals surface area contributed by atoms with Crippen LogP contribution in [0.2, 0.25) is 0 Å². The molecule has 6 rings (SSSR count). The smallest absolute Gasteiger partial charge is 0.257 e. The van der Waals surface area contributed by atoms with Crippen molar-refractivity contribution < 1.29 is 14.0 Å². The van der Waals surface area contributed by atoms with Crippen LogP contribution in [0.3, 0.4) is 0 Å². The van der Waals surface area contributed by atoms with Crippen molar-refractivity contribution in [3.63, 3.8) is 0 Å². The van der Waals surface area contributed by atoms with Gasteiger partial charge < -0.3 is 20.1 Å². The molecule has 3 aliphatic heterocycles. The summed E-state index contributed by atoms with van der Waals surface area (Å²) in [5.74, 6) is -0.455. The molecule has 2 unspecified atom stereocenters. The summed E-state index contributed by atoms with van der Waals surface area (Å²) in [6.07, 6.45) is 5.36. The van der Waals surface area contributed by atoms with Gasteiger partial charge in [0.1, 0.15) is 17.6 Å². The number of benzene rings is 2. The Morgan fingerprint density at radius 2 is 1.97 bits per heavy atom. The molecule has 9 heteroatoms. The number of aryl methyl sites for hydroxylation is 1. The number of aromatic amines is 1. The van der Waals surface area contributed by atoms with Crippen LogP contribution in [-0.4, -0.2) is 76.1 Å². The van der Waals surface area contributed by atoms with Crippen molar-refractivity contribution in [2.24, 2.45) is 4.99 Å². The van der Waals surface area contributed by atoms with Crippen molar-refractivity contribution in [2.45, 2.75) is 64.1 Å². The normalized spacial score (nSPS) is 22.3. The number of nitrogens with zero attached hydrogens (tertiary/aromatic N) is 4. The number of hydrogen-bond donors (Lipinski definition) is 2. The first-order valence-corrected chi connectivity index (χ1v) is 14.0. The Balaban J connectivity index is 1.18. The fraction of sp³-hybridized carbons (Fsp3) is 0.467. The minimum atomic E-state index is -0.569. The summed E-state index contributed by atoms with van der Waals surface area (Å²) in [6, 6.07) is 8.51. The van der Waals surface area contributed by atoms with E-state index in [2.05, 4.69) is 20.2 Å². The van der Waals surface area contributed by atoms with Crippen molar-refractivity contribution >= 4 is 29.1 Å². The van der Waals surface area contributed by atoms with E-state index in [-0.39, 0.29) is 29.7 Å². The van der Waals surface area contributed by atoms with Crippen molar-refractivity contribution in [2.75, 3.05) is 26.2 Å². The lowest BCUT2D eigenvalue weighted by molar-refractivity contribution is -0.120. The number of carbonyl (C=O) groups is 2. The maximum absolute atomic E-state index is 13.8. The molecule has 0 radical (unpaired) electrons. The molecule has 1 fully saturated rings. The second-order valence-corrected chi connectivity index (χ2v) is 11.2. The first kappa shape index (κ1) is 25.8. The number of nitrogens with one attached hydrogen (secondary N) is 2. The van der Waals surface area contributed by atoms with Gasteiger partial charge in [0.2, 0.25) is 0 Å². The number of imidazole rings is 1. The lowest BCUT2D eigenvalue weighted by atomic mass is 9.91. The highest BCUT2D eigenvalue weighted by atomic mass is 19.1. The van der Waals surface area contributed by atoms with Gasteiger partial charge in [-0.15, -0.1) is 0 Å². The first-order chi connectivity index (χ1) is 18.9. The van der Waals surface area contributed by atoms with Gasteiger partial charge in [0, 0.05) is 43.5 Å². The summed E-state index contributed by atoms with van der Waals surface area (Å²) in [5, 5.41) is 3.57. The second-order valence-electron chi connectivity index (χ2n) is 11.2. The molecule has 1 aromatic heterocycles. The standard InChI is InChI=1S/C30H35FN6O2/c1-18-5-6-22(31)14-20(18)13-19(2)33-24-7-8-32-29(38)27(24)28-34-25-15-21-17-37(12-11-36-9-3-4-10-36)30(39)23(21)16-26(25)35-28/h5-6,8,14-16,19,24,27,33H,3-4,7,9-13,17H2,1-2H3,(H,34,35)/t19-,24?,27?/m0/s1. The summed E-state index contributed by atoms with van der Waals surface area (Å²) < 4.78 is 13.8. The molecule has 0 bridgehead atoms. The molecular formula is C30H35FN6O2.